The zero-order chi connectivity index (χ0) is 28.3. The van der Waals surface area contributed by atoms with Crippen molar-refractivity contribution in [1.29, 1.82) is 0 Å². The number of aliphatic hydroxyl groups is 1. The van der Waals surface area contributed by atoms with Gasteiger partial charge in [-0.15, -0.1) is 0 Å². The molecule has 4 rings (SSSR count). The van der Waals surface area contributed by atoms with Crippen LogP contribution < -0.4 is 5.11 Å². The molecule has 0 spiro atoms. The number of carbonyl (C=O) groups excluding carboxylic acids is 5. The van der Waals surface area contributed by atoms with Crippen molar-refractivity contribution in [2.45, 2.75) is 64.6 Å². The van der Waals surface area contributed by atoms with E-state index in [0.717, 1.165) is 13.8 Å². The Morgan fingerprint density at radius 2 is 1.68 bits per heavy atom. The number of benzene rings is 1. The molecule has 200 valence electrons. The molecule has 1 aromatic carbocycles. The van der Waals surface area contributed by atoms with Gasteiger partial charge >= 0.3 is 17.9 Å². The quantitative estimate of drug-likeness (QED) is 0.268. The standard InChI is InChI=1S/C26H26N2O10/c1-9(2)25(35)38-26(5)23(36-10(3)29)18-16(22(34)24(26)37-11(4)30)15-17(19(18)28-27)21(33)14-12(20(15)32)7-6-8-13(14)31/h6-9,19,22-24,28,31,34H,1-5H3. The molecule has 0 saturated carbocycles. The number of esters is 3. The van der Waals surface area contributed by atoms with Crippen molar-refractivity contribution in [3.8, 4) is 5.75 Å². The van der Waals surface area contributed by atoms with Crippen LogP contribution in [0.5, 0.6) is 5.75 Å². The smallest absolute Gasteiger partial charge is 0.309 e. The van der Waals surface area contributed by atoms with Crippen molar-refractivity contribution < 1.29 is 53.5 Å². The van der Waals surface area contributed by atoms with Gasteiger partial charge in [-0.3, -0.25) is 24.0 Å². The lowest BCUT2D eigenvalue weighted by Crippen LogP contribution is -2.76. The lowest BCUT2D eigenvalue weighted by atomic mass is 9.73. The normalized spacial score (nSPS) is 28.0. The predicted molar refractivity (Wildman–Crippen MR) is 125 cm³/mol. The van der Waals surface area contributed by atoms with Crippen molar-refractivity contribution in [2.75, 3.05) is 0 Å². The number of ether oxygens (including phenoxy) is 3. The van der Waals surface area contributed by atoms with Gasteiger partial charge in [0.1, 0.15) is 11.9 Å². The highest BCUT2D eigenvalue weighted by Gasteiger charge is 2.65. The molecule has 0 bridgehead atoms. The first kappa shape index (κ1) is 26.9. The van der Waals surface area contributed by atoms with Gasteiger partial charge in [-0.05, 0) is 13.0 Å². The highest BCUT2D eigenvalue weighted by Crippen LogP contribution is 2.51. The zero-order valence-corrected chi connectivity index (χ0v) is 21.2. The third-order valence-corrected chi connectivity index (χ3v) is 6.88. The first-order chi connectivity index (χ1) is 17.8. The summed E-state index contributed by atoms with van der Waals surface area (Å²) in [7, 11) is 0. The Morgan fingerprint density at radius 1 is 1.05 bits per heavy atom. The summed E-state index contributed by atoms with van der Waals surface area (Å²) in [5.41, 5.74) is 6.68. The summed E-state index contributed by atoms with van der Waals surface area (Å²) in [4.78, 5) is 64.4. The number of hydrogen-bond donors (Lipinski definition) is 3. The average Bonchev–Trinajstić information content (AvgIpc) is 3.18. The van der Waals surface area contributed by atoms with E-state index in [9.17, 15) is 39.7 Å². The molecular weight excluding hydrogens is 500 g/mol. The molecule has 12 heteroatoms. The van der Waals surface area contributed by atoms with E-state index in [4.69, 9.17) is 14.2 Å². The molecule has 12 nitrogen and oxygen atoms in total. The van der Waals surface area contributed by atoms with E-state index in [1.54, 1.807) is 0 Å². The maximum atomic E-state index is 13.7. The van der Waals surface area contributed by atoms with Gasteiger partial charge < -0.3 is 35.1 Å². The summed E-state index contributed by atoms with van der Waals surface area (Å²) < 4.78 is 16.6. The molecule has 0 heterocycles. The molecule has 1 aromatic rings. The van der Waals surface area contributed by atoms with Gasteiger partial charge in [0.05, 0.1) is 22.6 Å². The predicted octanol–water partition coefficient (Wildman–Crippen LogP) is 0.0446. The second kappa shape index (κ2) is 9.28. The number of phenolic OH excluding ortho intramolecular Hbond substituents is 1. The average molecular weight is 526 g/mol. The van der Waals surface area contributed by atoms with Gasteiger partial charge in [-0.2, -0.15) is 0 Å². The van der Waals surface area contributed by atoms with E-state index < -0.39 is 71.1 Å². The van der Waals surface area contributed by atoms with Crippen LogP contribution in [0.2, 0.25) is 0 Å². The van der Waals surface area contributed by atoms with E-state index in [1.807, 2.05) is 5.11 Å². The third-order valence-electron chi connectivity index (χ3n) is 6.88. The molecule has 0 amide bonds. The summed E-state index contributed by atoms with van der Waals surface area (Å²) in [5, 5.41) is 23.9. The fraction of sp³-hybridized carbons (Fsp3) is 0.423. The minimum absolute atomic E-state index is 0.142. The van der Waals surface area contributed by atoms with Crippen LogP contribution in [0.15, 0.2) is 40.5 Å². The largest absolute Gasteiger partial charge is 0.508 e. The second-order valence-corrected chi connectivity index (χ2v) is 9.80. The number of nitrogens with one attached hydrogen (secondary N) is 1. The number of hydrogen-bond acceptors (Lipinski definition) is 10. The summed E-state index contributed by atoms with van der Waals surface area (Å²) in [5.74, 6) is -5.28. The molecule has 0 saturated heterocycles. The minimum Gasteiger partial charge on any atom is -0.508 e. The fourth-order valence-corrected chi connectivity index (χ4v) is 5.29. The van der Waals surface area contributed by atoms with E-state index in [1.165, 1.54) is 39.0 Å². The van der Waals surface area contributed by atoms with Crippen LogP contribution in [0.4, 0.5) is 0 Å². The first-order valence-corrected chi connectivity index (χ1v) is 11.8. The van der Waals surface area contributed by atoms with Gasteiger partial charge in [0.2, 0.25) is 5.78 Å². The van der Waals surface area contributed by atoms with Gasteiger partial charge in [-0.25, -0.2) is 0 Å². The highest BCUT2D eigenvalue weighted by atomic mass is 16.6. The van der Waals surface area contributed by atoms with Gasteiger partial charge in [0, 0.05) is 30.6 Å². The molecule has 3 N–H and O–H groups in total. The molecular formula is C26H26N2O10. The Hall–Kier alpha value is -4.19. The monoisotopic (exact) mass is 526 g/mol. The number of Topliss-reactive ketones (excluding diaryl/α,β-unsaturated/α-hetero) is 2. The number of aliphatic hydroxyl groups excluding tert-OH is 1. The molecule has 0 fully saturated rings. The van der Waals surface area contributed by atoms with Crippen molar-refractivity contribution in [1.82, 2.24) is 0 Å². The maximum Gasteiger partial charge on any atom is 0.309 e. The van der Waals surface area contributed by atoms with Crippen LogP contribution in [0.25, 0.3) is 5.53 Å². The van der Waals surface area contributed by atoms with E-state index in [0.29, 0.717) is 0 Å². The third kappa shape index (κ3) is 3.83. The molecule has 0 aromatic heterocycles. The van der Waals surface area contributed by atoms with Crippen molar-refractivity contribution in [2.24, 2.45) is 5.92 Å². The number of carbonyl (C=O) groups is 5. The number of ketones is 2. The fourth-order valence-electron chi connectivity index (χ4n) is 5.29. The molecule has 38 heavy (non-hydrogen) atoms. The highest BCUT2D eigenvalue weighted by molar-refractivity contribution is 6.31. The Morgan fingerprint density at radius 3 is 2.24 bits per heavy atom. The van der Waals surface area contributed by atoms with E-state index in [-0.39, 0.29) is 33.4 Å². The molecule has 0 aliphatic heterocycles. The zero-order valence-electron chi connectivity index (χ0n) is 21.2. The van der Waals surface area contributed by atoms with Crippen LogP contribution >= 0.6 is 0 Å². The van der Waals surface area contributed by atoms with Crippen LogP contribution in [0.1, 0.15) is 55.3 Å². The van der Waals surface area contributed by atoms with Crippen LogP contribution in [0, 0.1) is 5.92 Å². The Labute approximate surface area is 216 Å². The minimum atomic E-state index is -2.05. The van der Waals surface area contributed by atoms with Crippen molar-refractivity contribution in [3.05, 3.63) is 57.1 Å². The maximum absolute atomic E-state index is 13.7. The lowest BCUT2D eigenvalue weighted by Gasteiger charge is -2.47. The van der Waals surface area contributed by atoms with Gasteiger partial charge in [0.25, 0.3) is 0 Å². The van der Waals surface area contributed by atoms with Crippen molar-refractivity contribution in [3.63, 3.8) is 0 Å². The first-order valence-electron chi connectivity index (χ1n) is 11.8. The summed E-state index contributed by atoms with van der Waals surface area (Å²) in [6, 6.07) is 2.38. The topological polar surface area (TPSA) is 190 Å². The molecule has 3 aliphatic carbocycles. The summed E-state index contributed by atoms with van der Waals surface area (Å²) in [6.45, 7) is 6.45. The molecule has 3 aliphatic rings. The van der Waals surface area contributed by atoms with Crippen LogP contribution in [-0.4, -0.2) is 69.6 Å². The summed E-state index contributed by atoms with van der Waals surface area (Å²) in [6.07, 6.45) is -5.17. The van der Waals surface area contributed by atoms with Crippen molar-refractivity contribution >= 4 is 29.5 Å². The summed E-state index contributed by atoms with van der Waals surface area (Å²) >= 11 is 0. The van der Waals surface area contributed by atoms with Gasteiger partial charge in [-0.1, -0.05) is 26.0 Å². The Kier molecular flexibility index (Phi) is 6.56. The number of nitrogens with zero attached hydrogens (tertiary/aromatic N) is 1. The molecule has 5 atom stereocenters. The lowest BCUT2D eigenvalue weighted by molar-refractivity contribution is -0.504. The number of fused-ring (bicyclic) bond motifs is 2. The number of aromatic hydroxyl groups is 1. The second-order valence-electron chi connectivity index (χ2n) is 9.80. The Balaban J connectivity index is 2.02. The molecule has 0 radical (unpaired) electrons. The molecule has 5 unspecified atom stereocenters. The van der Waals surface area contributed by atoms with E-state index in [2.05, 4.69) is 0 Å². The number of rotatable bonds is 5. The Bertz CT molecular complexity index is 1370. The number of phenols is 1. The SMILES string of the molecule is CC(=O)OC1C2=C(C3=C(C(=O)c4c(O)cccc4C3=O)C2[NH+]=[N-])C(O)C(OC(C)=O)C1(C)OC(=O)C(C)C. The van der Waals surface area contributed by atoms with Crippen LogP contribution in [-0.2, 0) is 28.6 Å². The van der Waals surface area contributed by atoms with Crippen LogP contribution in [0.3, 0.4) is 0 Å². The van der Waals surface area contributed by atoms with E-state index >= 15 is 0 Å². The van der Waals surface area contributed by atoms with Gasteiger partial charge in [0.15, 0.2) is 29.6 Å².